The van der Waals surface area contributed by atoms with E-state index in [0.29, 0.717) is 18.3 Å². The summed E-state index contributed by atoms with van der Waals surface area (Å²) in [7, 11) is 0. The molecule has 0 aliphatic heterocycles. The highest BCUT2D eigenvalue weighted by molar-refractivity contribution is 5.48. The molecule has 5 heteroatoms. The van der Waals surface area contributed by atoms with Crippen molar-refractivity contribution >= 4 is 5.69 Å². The number of nitro groups is 1. The molecule has 5 nitrogen and oxygen atoms in total. The number of benzene rings is 1. The number of hydrogen-bond donors (Lipinski definition) is 1. The molecule has 19 heavy (non-hydrogen) atoms. The lowest BCUT2D eigenvalue weighted by Crippen LogP contribution is -2.24. The summed E-state index contributed by atoms with van der Waals surface area (Å²) in [6.07, 6.45) is 0.776. The van der Waals surface area contributed by atoms with Gasteiger partial charge in [-0.2, -0.15) is 0 Å². The molecule has 0 saturated carbocycles. The van der Waals surface area contributed by atoms with Crippen molar-refractivity contribution in [2.75, 3.05) is 19.7 Å². The molecule has 1 atom stereocenters. The van der Waals surface area contributed by atoms with Crippen molar-refractivity contribution in [3.8, 4) is 5.75 Å². The van der Waals surface area contributed by atoms with Gasteiger partial charge in [0.25, 0.3) is 0 Å². The molecule has 0 radical (unpaired) electrons. The highest BCUT2D eigenvalue weighted by Crippen LogP contribution is 2.28. The number of rotatable bonds is 8. The number of nitrogens with one attached hydrogen (secondary N) is 1. The Morgan fingerprint density at radius 3 is 2.74 bits per heavy atom. The second-order valence-corrected chi connectivity index (χ2v) is 4.64. The van der Waals surface area contributed by atoms with Crippen LogP contribution in [0.2, 0.25) is 0 Å². The molecular weight excluding hydrogens is 244 g/mol. The Hall–Kier alpha value is -1.62. The molecule has 1 aromatic carbocycles. The van der Waals surface area contributed by atoms with Gasteiger partial charge < -0.3 is 10.1 Å². The zero-order chi connectivity index (χ0) is 14.3. The summed E-state index contributed by atoms with van der Waals surface area (Å²) in [4.78, 5) is 10.6. The summed E-state index contributed by atoms with van der Waals surface area (Å²) in [6, 6.07) is 5.15. The normalized spacial score (nSPS) is 12.2. The lowest BCUT2D eigenvalue weighted by Gasteiger charge is -2.13. The van der Waals surface area contributed by atoms with Crippen LogP contribution in [0.25, 0.3) is 0 Å². The van der Waals surface area contributed by atoms with Gasteiger partial charge in [-0.3, -0.25) is 10.1 Å². The van der Waals surface area contributed by atoms with Gasteiger partial charge in [0.05, 0.1) is 11.5 Å². The zero-order valence-corrected chi connectivity index (χ0v) is 11.8. The first kappa shape index (κ1) is 15.4. The van der Waals surface area contributed by atoms with Gasteiger partial charge in [0.15, 0.2) is 5.75 Å². The van der Waals surface area contributed by atoms with Gasteiger partial charge in [-0.05, 0) is 24.6 Å². The monoisotopic (exact) mass is 266 g/mol. The maximum absolute atomic E-state index is 11.0. The summed E-state index contributed by atoms with van der Waals surface area (Å²) >= 11 is 0. The molecule has 0 fully saturated rings. The second-order valence-electron chi connectivity index (χ2n) is 4.64. The van der Waals surface area contributed by atoms with E-state index in [2.05, 4.69) is 12.2 Å². The van der Waals surface area contributed by atoms with Crippen LogP contribution in [0.1, 0.15) is 26.3 Å². The molecule has 0 heterocycles. The zero-order valence-electron chi connectivity index (χ0n) is 11.8. The van der Waals surface area contributed by atoms with Gasteiger partial charge in [0.1, 0.15) is 0 Å². The third kappa shape index (κ3) is 4.87. The van der Waals surface area contributed by atoms with Crippen molar-refractivity contribution in [3.63, 3.8) is 0 Å². The number of nitrogens with zero attached hydrogens (tertiary/aromatic N) is 1. The Morgan fingerprint density at radius 2 is 2.16 bits per heavy atom. The molecule has 0 spiro atoms. The standard InChI is InChI=1S/C14H22N2O3/c1-4-12-6-7-14(13(8-12)16(17)18)19-10-11(3)9-15-5-2/h6-8,11,15H,4-5,9-10H2,1-3H3. The quantitative estimate of drug-likeness (QED) is 0.580. The van der Waals surface area contributed by atoms with Gasteiger partial charge in [0, 0.05) is 18.5 Å². The third-order valence-corrected chi connectivity index (χ3v) is 2.89. The molecule has 1 unspecified atom stereocenters. The first-order valence-corrected chi connectivity index (χ1v) is 6.69. The largest absolute Gasteiger partial charge is 0.486 e. The first-order chi connectivity index (χ1) is 9.08. The number of ether oxygens (including phenoxy) is 1. The van der Waals surface area contributed by atoms with E-state index in [1.54, 1.807) is 12.1 Å². The molecule has 0 aliphatic carbocycles. The van der Waals surface area contributed by atoms with Crippen LogP contribution in [-0.4, -0.2) is 24.6 Å². The van der Waals surface area contributed by atoms with Crippen LogP contribution in [0, 0.1) is 16.0 Å². The average molecular weight is 266 g/mol. The Morgan fingerprint density at radius 1 is 1.42 bits per heavy atom. The van der Waals surface area contributed by atoms with E-state index in [0.717, 1.165) is 25.1 Å². The van der Waals surface area contributed by atoms with Crippen molar-refractivity contribution in [2.24, 2.45) is 5.92 Å². The van der Waals surface area contributed by atoms with E-state index in [9.17, 15) is 10.1 Å². The Kier molecular flexibility index (Phi) is 6.29. The summed E-state index contributed by atoms with van der Waals surface area (Å²) in [5.41, 5.74) is 0.995. The molecule has 0 saturated heterocycles. The van der Waals surface area contributed by atoms with E-state index in [1.807, 2.05) is 19.9 Å². The van der Waals surface area contributed by atoms with Crippen molar-refractivity contribution in [1.82, 2.24) is 5.32 Å². The van der Waals surface area contributed by atoms with Crippen molar-refractivity contribution in [1.29, 1.82) is 0 Å². The first-order valence-electron chi connectivity index (χ1n) is 6.69. The molecular formula is C14H22N2O3. The molecule has 1 N–H and O–H groups in total. The van der Waals surface area contributed by atoms with Gasteiger partial charge in [-0.25, -0.2) is 0 Å². The molecule has 0 bridgehead atoms. The van der Waals surface area contributed by atoms with Crippen LogP contribution in [0.5, 0.6) is 5.75 Å². The van der Waals surface area contributed by atoms with Crippen molar-refractivity contribution < 1.29 is 9.66 Å². The summed E-state index contributed by atoms with van der Waals surface area (Å²) in [5.74, 6) is 0.663. The van der Waals surface area contributed by atoms with E-state index in [1.165, 1.54) is 0 Å². The van der Waals surface area contributed by atoms with E-state index < -0.39 is 0 Å². The lowest BCUT2D eigenvalue weighted by atomic mass is 10.1. The summed E-state index contributed by atoms with van der Waals surface area (Å²) < 4.78 is 5.58. The Labute approximate surface area is 114 Å². The smallest absolute Gasteiger partial charge is 0.311 e. The fourth-order valence-corrected chi connectivity index (χ4v) is 1.73. The third-order valence-electron chi connectivity index (χ3n) is 2.89. The average Bonchev–Trinajstić information content (AvgIpc) is 2.42. The number of aryl methyl sites for hydroxylation is 1. The van der Waals surface area contributed by atoms with Gasteiger partial charge in [0.2, 0.25) is 0 Å². The molecule has 0 aromatic heterocycles. The van der Waals surface area contributed by atoms with Crippen LogP contribution in [0.3, 0.4) is 0 Å². The summed E-state index contributed by atoms with van der Waals surface area (Å²) in [6.45, 7) is 8.29. The minimum absolute atomic E-state index is 0.0509. The van der Waals surface area contributed by atoms with E-state index in [4.69, 9.17) is 4.74 Å². The van der Waals surface area contributed by atoms with Crippen LogP contribution < -0.4 is 10.1 Å². The van der Waals surface area contributed by atoms with Crippen LogP contribution in [-0.2, 0) is 6.42 Å². The fourth-order valence-electron chi connectivity index (χ4n) is 1.73. The highest BCUT2D eigenvalue weighted by Gasteiger charge is 2.16. The predicted molar refractivity (Wildman–Crippen MR) is 75.7 cm³/mol. The maximum atomic E-state index is 11.0. The number of nitro benzene ring substituents is 1. The second kappa shape index (κ2) is 7.74. The van der Waals surface area contributed by atoms with Crippen LogP contribution >= 0.6 is 0 Å². The topological polar surface area (TPSA) is 64.4 Å². The van der Waals surface area contributed by atoms with Gasteiger partial charge >= 0.3 is 5.69 Å². The number of hydrogen-bond acceptors (Lipinski definition) is 4. The van der Waals surface area contributed by atoms with Gasteiger partial charge in [-0.15, -0.1) is 0 Å². The maximum Gasteiger partial charge on any atom is 0.311 e. The van der Waals surface area contributed by atoms with Crippen LogP contribution in [0.15, 0.2) is 18.2 Å². The minimum atomic E-state index is -0.385. The highest BCUT2D eigenvalue weighted by atomic mass is 16.6. The van der Waals surface area contributed by atoms with Crippen LogP contribution in [0.4, 0.5) is 5.69 Å². The SMILES string of the molecule is CCNCC(C)COc1ccc(CC)cc1[N+](=O)[O-]. The Balaban J connectivity index is 2.69. The van der Waals surface area contributed by atoms with Gasteiger partial charge in [-0.1, -0.05) is 26.8 Å². The molecule has 0 aliphatic rings. The molecule has 1 aromatic rings. The minimum Gasteiger partial charge on any atom is -0.486 e. The molecule has 106 valence electrons. The summed E-state index contributed by atoms with van der Waals surface area (Å²) in [5, 5.41) is 14.2. The van der Waals surface area contributed by atoms with Crippen molar-refractivity contribution in [3.05, 3.63) is 33.9 Å². The lowest BCUT2D eigenvalue weighted by molar-refractivity contribution is -0.386. The Bertz CT molecular complexity index is 421. The van der Waals surface area contributed by atoms with E-state index >= 15 is 0 Å². The predicted octanol–water partition coefficient (Wildman–Crippen LogP) is 2.78. The fraction of sp³-hybridized carbons (Fsp3) is 0.571. The molecule has 1 rings (SSSR count). The van der Waals surface area contributed by atoms with E-state index in [-0.39, 0.29) is 10.6 Å². The van der Waals surface area contributed by atoms with Crippen molar-refractivity contribution in [2.45, 2.75) is 27.2 Å². The molecule has 0 amide bonds.